The number of esters is 1. The molecule has 0 unspecified atom stereocenters. The van der Waals surface area contributed by atoms with Crippen molar-refractivity contribution >= 4 is 39.1 Å². The SMILES string of the molecule is CCOC(=O)COc1cccc(NC(=O)c2sc3ncn(C)c(=O)c3c2C)c1. The van der Waals surface area contributed by atoms with Crippen LogP contribution in [0.3, 0.4) is 0 Å². The molecule has 1 aromatic carbocycles. The second-order valence-corrected chi connectivity index (χ2v) is 6.97. The molecule has 0 spiro atoms. The molecule has 0 fully saturated rings. The Morgan fingerprint density at radius 1 is 1.32 bits per heavy atom. The van der Waals surface area contributed by atoms with Gasteiger partial charge in [-0.25, -0.2) is 9.78 Å². The van der Waals surface area contributed by atoms with Crippen LogP contribution in [0.2, 0.25) is 0 Å². The van der Waals surface area contributed by atoms with Gasteiger partial charge in [0, 0.05) is 18.8 Å². The fourth-order valence-corrected chi connectivity index (χ4v) is 3.66. The molecule has 28 heavy (non-hydrogen) atoms. The molecule has 8 nitrogen and oxygen atoms in total. The predicted octanol–water partition coefficient (Wildman–Crippen LogP) is 2.50. The number of fused-ring (bicyclic) bond motifs is 1. The van der Waals surface area contributed by atoms with E-state index < -0.39 is 5.97 Å². The fourth-order valence-electron chi connectivity index (χ4n) is 2.62. The molecule has 3 rings (SSSR count). The lowest BCUT2D eigenvalue weighted by atomic mass is 10.2. The van der Waals surface area contributed by atoms with Crippen LogP contribution >= 0.6 is 11.3 Å². The third kappa shape index (κ3) is 4.04. The van der Waals surface area contributed by atoms with Gasteiger partial charge >= 0.3 is 5.97 Å². The molecule has 0 bridgehead atoms. The standard InChI is InChI=1S/C19H19N3O5S/c1-4-26-14(23)9-27-13-7-5-6-12(8-13)21-17(24)16-11(2)15-18(28-16)20-10-22(3)19(15)25/h5-8,10H,4,9H2,1-3H3,(H,21,24). The van der Waals surface area contributed by atoms with Crippen LogP contribution in [0.1, 0.15) is 22.2 Å². The maximum atomic E-state index is 12.7. The Bertz CT molecular complexity index is 1100. The first-order valence-corrected chi connectivity index (χ1v) is 9.37. The number of hydrogen-bond donors (Lipinski definition) is 1. The average Bonchev–Trinajstić information content (AvgIpc) is 3.01. The molecule has 1 N–H and O–H groups in total. The summed E-state index contributed by atoms with van der Waals surface area (Å²) in [7, 11) is 1.62. The van der Waals surface area contributed by atoms with E-state index in [1.54, 1.807) is 45.2 Å². The summed E-state index contributed by atoms with van der Waals surface area (Å²) in [6.07, 6.45) is 1.44. The molecule has 2 heterocycles. The van der Waals surface area contributed by atoms with Crippen molar-refractivity contribution in [2.24, 2.45) is 7.05 Å². The number of ether oxygens (including phenoxy) is 2. The first kappa shape index (κ1) is 19.6. The van der Waals surface area contributed by atoms with Crippen molar-refractivity contribution in [1.29, 1.82) is 0 Å². The summed E-state index contributed by atoms with van der Waals surface area (Å²) in [5.41, 5.74) is 0.914. The average molecular weight is 401 g/mol. The Hall–Kier alpha value is -3.20. The van der Waals surface area contributed by atoms with Crippen LogP contribution in [0.5, 0.6) is 5.75 Å². The maximum Gasteiger partial charge on any atom is 0.344 e. The number of aryl methyl sites for hydroxylation is 2. The third-order valence-corrected chi connectivity index (χ3v) is 5.17. The second-order valence-electron chi connectivity index (χ2n) is 5.97. The fraction of sp³-hybridized carbons (Fsp3) is 0.263. The molecule has 0 saturated carbocycles. The van der Waals surface area contributed by atoms with E-state index in [2.05, 4.69) is 10.3 Å². The molecule has 1 amide bonds. The number of nitrogens with one attached hydrogen (secondary N) is 1. The molecule has 0 aliphatic heterocycles. The van der Waals surface area contributed by atoms with Gasteiger partial charge in [0.15, 0.2) is 6.61 Å². The van der Waals surface area contributed by atoms with E-state index in [0.29, 0.717) is 32.1 Å². The molecular weight excluding hydrogens is 382 g/mol. The highest BCUT2D eigenvalue weighted by Crippen LogP contribution is 2.28. The summed E-state index contributed by atoms with van der Waals surface area (Å²) in [5.74, 6) is -0.383. The third-order valence-electron chi connectivity index (χ3n) is 3.97. The van der Waals surface area contributed by atoms with E-state index in [0.717, 1.165) is 0 Å². The lowest BCUT2D eigenvalue weighted by molar-refractivity contribution is -0.145. The number of amides is 1. The summed E-state index contributed by atoms with van der Waals surface area (Å²) < 4.78 is 11.6. The highest BCUT2D eigenvalue weighted by Gasteiger charge is 2.19. The van der Waals surface area contributed by atoms with E-state index in [-0.39, 0.29) is 24.7 Å². The summed E-state index contributed by atoms with van der Waals surface area (Å²) in [6, 6.07) is 6.69. The smallest absolute Gasteiger partial charge is 0.344 e. The zero-order valence-electron chi connectivity index (χ0n) is 15.6. The molecular formula is C19H19N3O5S. The van der Waals surface area contributed by atoms with Gasteiger partial charge in [-0.1, -0.05) is 6.07 Å². The Kier molecular flexibility index (Phi) is 5.74. The van der Waals surface area contributed by atoms with Gasteiger partial charge in [0.25, 0.3) is 11.5 Å². The Balaban J connectivity index is 1.78. The summed E-state index contributed by atoms with van der Waals surface area (Å²) >= 11 is 1.17. The number of anilines is 1. The first-order chi connectivity index (χ1) is 13.4. The van der Waals surface area contributed by atoms with Gasteiger partial charge in [0.1, 0.15) is 10.6 Å². The molecule has 9 heteroatoms. The molecule has 0 aliphatic rings. The van der Waals surface area contributed by atoms with Crippen LogP contribution < -0.4 is 15.6 Å². The van der Waals surface area contributed by atoms with Crippen LogP contribution in [0.4, 0.5) is 5.69 Å². The van der Waals surface area contributed by atoms with Crippen LogP contribution in [0.15, 0.2) is 35.4 Å². The van der Waals surface area contributed by atoms with Gasteiger partial charge in [0.05, 0.1) is 23.2 Å². The predicted molar refractivity (Wildman–Crippen MR) is 106 cm³/mol. The van der Waals surface area contributed by atoms with Crippen LogP contribution in [-0.2, 0) is 16.6 Å². The van der Waals surface area contributed by atoms with Gasteiger partial charge in [-0.15, -0.1) is 11.3 Å². The van der Waals surface area contributed by atoms with Gasteiger partial charge in [-0.2, -0.15) is 0 Å². The summed E-state index contributed by atoms with van der Waals surface area (Å²) in [6.45, 7) is 3.52. The van der Waals surface area contributed by atoms with Crippen LogP contribution in [0, 0.1) is 6.92 Å². The zero-order chi connectivity index (χ0) is 20.3. The minimum Gasteiger partial charge on any atom is -0.482 e. The minimum atomic E-state index is -0.466. The number of benzene rings is 1. The second kappa shape index (κ2) is 8.22. The van der Waals surface area contributed by atoms with Crippen molar-refractivity contribution in [3.05, 3.63) is 51.4 Å². The largest absolute Gasteiger partial charge is 0.482 e. The van der Waals surface area contributed by atoms with Gasteiger partial charge < -0.3 is 19.4 Å². The first-order valence-electron chi connectivity index (χ1n) is 8.55. The molecule has 146 valence electrons. The zero-order valence-corrected chi connectivity index (χ0v) is 16.5. The number of carbonyl (C=O) groups excluding carboxylic acids is 2. The number of nitrogens with zero attached hydrogens (tertiary/aromatic N) is 2. The highest BCUT2D eigenvalue weighted by atomic mass is 32.1. The highest BCUT2D eigenvalue weighted by molar-refractivity contribution is 7.20. The van der Waals surface area contributed by atoms with E-state index in [9.17, 15) is 14.4 Å². The van der Waals surface area contributed by atoms with E-state index >= 15 is 0 Å². The number of thiophene rings is 1. The molecule has 3 aromatic rings. The van der Waals surface area contributed by atoms with Crippen molar-refractivity contribution < 1.29 is 19.1 Å². The number of aromatic nitrogens is 2. The minimum absolute atomic E-state index is 0.188. The van der Waals surface area contributed by atoms with E-state index in [4.69, 9.17) is 9.47 Å². The molecule has 0 atom stereocenters. The van der Waals surface area contributed by atoms with Crippen molar-refractivity contribution in [3.8, 4) is 5.75 Å². The lowest BCUT2D eigenvalue weighted by Crippen LogP contribution is -2.17. The Morgan fingerprint density at radius 3 is 2.86 bits per heavy atom. The van der Waals surface area contributed by atoms with E-state index in [1.807, 2.05) is 0 Å². The van der Waals surface area contributed by atoms with E-state index in [1.165, 1.54) is 22.2 Å². The Labute approximate surface area is 164 Å². The number of hydrogen-bond acceptors (Lipinski definition) is 7. The Morgan fingerprint density at radius 2 is 2.11 bits per heavy atom. The monoisotopic (exact) mass is 401 g/mol. The number of rotatable bonds is 6. The number of carbonyl (C=O) groups is 2. The van der Waals surface area contributed by atoms with Crippen molar-refractivity contribution in [2.45, 2.75) is 13.8 Å². The normalized spacial score (nSPS) is 10.7. The van der Waals surface area contributed by atoms with Gasteiger partial charge in [0.2, 0.25) is 0 Å². The molecule has 0 radical (unpaired) electrons. The quantitative estimate of drug-likeness (QED) is 0.637. The van der Waals surface area contributed by atoms with Crippen LogP contribution in [-0.4, -0.2) is 34.6 Å². The molecule has 0 saturated heterocycles. The van der Waals surface area contributed by atoms with Gasteiger partial charge in [-0.3, -0.25) is 9.59 Å². The lowest BCUT2D eigenvalue weighted by Gasteiger charge is -2.08. The summed E-state index contributed by atoms with van der Waals surface area (Å²) in [4.78, 5) is 41.6. The summed E-state index contributed by atoms with van der Waals surface area (Å²) in [5, 5.41) is 3.24. The molecule has 0 aliphatic carbocycles. The van der Waals surface area contributed by atoms with Crippen molar-refractivity contribution in [2.75, 3.05) is 18.5 Å². The van der Waals surface area contributed by atoms with Gasteiger partial charge in [-0.05, 0) is 31.5 Å². The maximum absolute atomic E-state index is 12.7. The molecule has 2 aromatic heterocycles. The van der Waals surface area contributed by atoms with Crippen LogP contribution in [0.25, 0.3) is 10.2 Å². The van der Waals surface area contributed by atoms with Crippen molar-refractivity contribution in [3.63, 3.8) is 0 Å². The topological polar surface area (TPSA) is 99.5 Å². The van der Waals surface area contributed by atoms with Crippen molar-refractivity contribution in [1.82, 2.24) is 9.55 Å².